The third-order valence-corrected chi connectivity index (χ3v) is 9.03. The van der Waals surface area contributed by atoms with Crippen LogP contribution in [0, 0.1) is 0 Å². The van der Waals surface area contributed by atoms with Crippen molar-refractivity contribution in [2.75, 3.05) is 0 Å². The molecule has 0 amide bonds. The van der Waals surface area contributed by atoms with E-state index in [0.717, 1.165) is 39.2 Å². The largest absolute Gasteiger partial charge is 0.223 e. The minimum Gasteiger partial charge on any atom is -0.218 e. The molecule has 0 N–H and O–H groups in total. The third kappa shape index (κ3) is 6.69. The first kappa shape index (κ1) is 30.3. The highest BCUT2D eigenvalue weighted by molar-refractivity contribution is 6.28. The first-order valence-corrected chi connectivity index (χ1v) is 16.7. The van der Waals surface area contributed by atoms with Crippen molar-refractivity contribution in [1.29, 1.82) is 0 Å². The predicted molar refractivity (Wildman–Crippen MR) is 205 cm³/mol. The number of nitrogens with zero attached hydrogens (tertiary/aromatic N) is 2. The van der Waals surface area contributed by atoms with E-state index in [9.17, 15) is 0 Å². The molecule has 232 valence electrons. The van der Waals surface area contributed by atoms with Crippen LogP contribution in [0.15, 0.2) is 188 Å². The lowest BCUT2D eigenvalue weighted by Gasteiger charge is -2.10. The Morgan fingerprint density at radius 2 is 0.510 bits per heavy atom. The second-order valence-corrected chi connectivity index (χ2v) is 12.4. The minimum absolute atomic E-state index is 0.224. The predicted octanol–water partition coefficient (Wildman–Crippen LogP) is 12.8. The summed E-state index contributed by atoms with van der Waals surface area (Å²) in [5, 5.41) is 0.224. The van der Waals surface area contributed by atoms with Crippen LogP contribution in [0.2, 0.25) is 5.28 Å². The summed E-state index contributed by atoms with van der Waals surface area (Å²) in [5.41, 5.74) is 15.3. The van der Waals surface area contributed by atoms with Crippen LogP contribution < -0.4 is 0 Å². The van der Waals surface area contributed by atoms with Crippen molar-refractivity contribution in [3.05, 3.63) is 193 Å². The van der Waals surface area contributed by atoms with E-state index in [1.165, 1.54) is 38.9 Å². The van der Waals surface area contributed by atoms with Crippen molar-refractivity contribution < 1.29 is 0 Å². The lowest BCUT2D eigenvalue weighted by atomic mass is 9.95. The van der Waals surface area contributed by atoms with Crippen LogP contribution in [-0.2, 0) is 0 Å². The Morgan fingerprint density at radius 1 is 0.245 bits per heavy atom. The van der Waals surface area contributed by atoms with Gasteiger partial charge in [-0.1, -0.05) is 164 Å². The monoisotopic (exact) mass is 646 g/mol. The quantitative estimate of drug-likeness (QED) is 0.161. The molecule has 7 aromatic carbocycles. The summed E-state index contributed by atoms with van der Waals surface area (Å²) in [7, 11) is 0. The van der Waals surface area contributed by atoms with Gasteiger partial charge < -0.3 is 0 Å². The van der Waals surface area contributed by atoms with Gasteiger partial charge >= 0.3 is 0 Å². The molecule has 1 heterocycles. The molecule has 0 bridgehead atoms. The maximum atomic E-state index is 6.48. The van der Waals surface area contributed by atoms with Gasteiger partial charge in [0.05, 0.1) is 11.4 Å². The highest BCUT2D eigenvalue weighted by atomic mass is 35.5. The summed E-state index contributed by atoms with van der Waals surface area (Å²) in [4.78, 5) is 9.15. The van der Waals surface area contributed by atoms with E-state index in [1.807, 2.05) is 18.2 Å². The fraction of sp³-hybridized carbons (Fsp3) is 0. The Labute approximate surface area is 292 Å². The molecule has 0 unspecified atom stereocenters. The number of halogens is 1. The second-order valence-electron chi connectivity index (χ2n) is 12.0. The molecule has 0 fully saturated rings. The zero-order valence-corrected chi connectivity index (χ0v) is 27.4. The van der Waals surface area contributed by atoms with E-state index in [2.05, 4.69) is 180 Å². The average molecular weight is 647 g/mol. The molecule has 8 aromatic rings. The Balaban J connectivity index is 1.03. The SMILES string of the molecule is Clc1nc(-c2ccc(-c3cccc(-c4ccccc4)c3)cc2)cc(-c2ccc(-c3cccc(-c4cccc(-c5ccccc5)c4)c3)cc2)n1. The topological polar surface area (TPSA) is 25.8 Å². The van der Waals surface area contributed by atoms with Crippen molar-refractivity contribution in [2.45, 2.75) is 0 Å². The maximum Gasteiger partial charge on any atom is 0.223 e. The van der Waals surface area contributed by atoms with Gasteiger partial charge in [0, 0.05) is 11.1 Å². The Kier molecular flexibility index (Phi) is 8.38. The fourth-order valence-corrected chi connectivity index (χ4v) is 6.46. The lowest BCUT2D eigenvalue weighted by molar-refractivity contribution is 1.18. The van der Waals surface area contributed by atoms with Gasteiger partial charge in [0.2, 0.25) is 5.28 Å². The number of aromatic nitrogens is 2. The average Bonchev–Trinajstić information content (AvgIpc) is 3.19. The zero-order valence-electron chi connectivity index (χ0n) is 26.7. The standard InChI is InChI=1S/C46H31ClN2/c47-46-48-44(36-24-20-34(21-25-36)40-16-7-14-38(28-40)32-10-3-1-4-11-32)31-45(49-46)37-26-22-35(23-27-37)41-17-9-19-43(30-41)42-18-8-15-39(29-42)33-12-5-2-6-13-33/h1-31H. The number of benzene rings is 7. The van der Waals surface area contributed by atoms with Gasteiger partial charge in [0.1, 0.15) is 0 Å². The summed E-state index contributed by atoms with van der Waals surface area (Å²) < 4.78 is 0. The van der Waals surface area contributed by atoms with Gasteiger partial charge in [0.25, 0.3) is 0 Å². The highest BCUT2D eigenvalue weighted by Gasteiger charge is 2.10. The molecular weight excluding hydrogens is 616 g/mol. The Bertz CT molecular complexity index is 2370. The first-order chi connectivity index (χ1) is 24.2. The molecule has 0 aliphatic carbocycles. The highest BCUT2D eigenvalue weighted by Crippen LogP contribution is 2.33. The van der Waals surface area contributed by atoms with E-state index in [-0.39, 0.29) is 5.28 Å². The summed E-state index contributed by atoms with van der Waals surface area (Å²) in [6, 6.07) is 65.9. The molecule has 8 rings (SSSR count). The van der Waals surface area contributed by atoms with Gasteiger partial charge in [-0.25, -0.2) is 9.97 Å². The molecule has 3 heteroatoms. The van der Waals surface area contributed by atoms with Crippen LogP contribution in [0.4, 0.5) is 0 Å². The van der Waals surface area contributed by atoms with Gasteiger partial charge in [-0.15, -0.1) is 0 Å². The van der Waals surface area contributed by atoms with E-state index in [1.54, 1.807) is 0 Å². The molecular formula is C46H31ClN2. The summed E-state index contributed by atoms with van der Waals surface area (Å²) >= 11 is 6.48. The fourth-order valence-electron chi connectivity index (χ4n) is 6.28. The minimum atomic E-state index is 0.224. The smallest absolute Gasteiger partial charge is 0.218 e. The van der Waals surface area contributed by atoms with Crippen molar-refractivity contribution in [1.82, 2.24) is 9.97 Å². The Hall–Kier alpha value is -6.09. The van der Waals surface area contributed by atoms with E-state index >= 15 is 0 Å². The Morgan fingerprint density at radius 3 is 0.857 bits per heavy atom. The van der Waals surface area contributed by atoms with Gasteiger partial charge in [-0.2, -0.15) is 0 Å². The summed E-state index contributed by atoms with van der Waals surface area (Å²) in [6.07, 6.45) is 0. The first-order valence-electron chi connectivity index (χ1n) is 16.3. The van der Waals surface area contributed by atoms with Crippen LogP contribution in [0.5, 0.6) is 0 Å². The molecule has 0 aliphatic heterocycles. The van der Waals surface area contributed by atoms with Crippen LogP contribution in [0.3, 0.4) is 0 Å². The van der Waals surface area contributed by atoms with Gasteiger partial charge in [-0.05, 0) is 91.5 Å². The summed E-state index contributed by atoms with van der Waals surface area (Å²) in [5.74, 6) is 0. The molecule has 2 nitrogen and oxygen atoms in total. The number of rotatable bonds is 7. The van der Waals surface area contributed by atoms with E-state index < -0.39 is 0 Å². The third-order valence-electron chi connectivity index (χ3n) is 8.86. The van der Waals surface area contributed by atoms with Crippen LogP contribution in [-0.4, -0.2) is 9.97 Å². The molecule has 0 spiro atoms. The van der Waals surface area contributed by atoms with Crippen LogP contribution >= 0.6 is 11.6 Å². The van der Waals surface area contributed by atoms with E-state index in [0.29, 0.717) is 0 Å². The molecule has 0 saturated heterocycles. The maximum absolute atomic E-state index is 6.48. The molecule has 0 aliphatic rings. The normalized spacial score (nSPS) is 11.0. The second kappa shape index (κ2) is 13.6. The van der Waals surface area contributed by atoms with Crippen molar-refractivity contribution in [2.24, 2.45) is 0 Å². The number of hydrogen-bond acceptors (Lipinski definition) is 2. The van der Waals surface area contributed by atoms with Crippen molar-refractivity contribution >= 4 is 11.6 Å². The van der Waals surface area contributed by atoms with Gasteiger partial charge in [0.15, 0.2) is 0 Å². The van der Waals surface area contributed by atoms with Gasteiger partial charge in [-0.3, -0.25) is 0 Å². The van der Waals surface area contributed by atoms with Crippen molar-refractivity contribution in [3.8, 4) is 78.1 Å². The molecule has 0 saturated carbocycles. The molecule has 1 aromatic heterocycles. The van der Waals surface area contributed by atoms with Crippen molar-refractivity contribution in [3.63, 3.8) is 0 Å². The lowest BCUT2D eigenvalue weighted by Crippen LogP contribution is -1.92. The van der Waals surface area contributed by atoms with Crippen LogP contribution in [0.1, 0.15) is 0 Å². The molecule has 49 heavy (non-hydrogen) atoms. The summed E-state index contributed by atoms with van der Waals surface area (Å²) in [6.45, 7) is 0. The molecule has 0 radical (unpaired) electrons. The van der Waals surface area contributed by atoms with Crippen LogP contribution in [0.25, 0.3) is 78.1 Å². The number of hydrogen-bond donors (Lipinski definition) is 0. The molecule has 0 atom stereocenters. The zero-order chi connectivity index (χ0) is 33.0. The van der Waals surface area contributed by atoms with E-state index in [4.69, 9.17) is 11.6 Å².